The van der Waals surface area contributed by atoms with Crippen molar-refractivity contribution in [2.45, 2.75) is 133 Å². The monoisotopic (exact) mass is 569 g/mol. The number of hydrogen-bond acceptors (Lipinski definition) is 8. The van der Waals surface area contributed by atoms with Gasteiger partial charge < -0.3 is 10.1 Å². The van der Waals surface area contributed by atoms with E-state index >= 15 is 0 Å². The summed E-state index contributed by atoms with van der Waals surface area (Å²) in [4.78, 5) is 2.89. The van der Waals surface area contributed by atoms with Gasteiger partial charge in [0, 0.05) is 42.2 Å². The molecular formula is C31H51N7OS. The number of rotatable bonds is 4. The molecule has 222 valence electrons. The largest absolute Gasteiger partial charge is 0.476 e. The second kappa shape index (κ2) is 10.1. The van der Waals surface area contributed by atoms with Crippen molar-refractivity contribution < 1.29 is 4.74 Å². The standard InChI is InChI=1S/C31H51N7OS/c1-29(2)12-10-22-5-4-17-32-24-6-3-7-27(34-24)40-33-19-21-8-9-25(35-28(21)38(22)29)37-18-11-26(36-37)39-20-23-30(13-14-30)31(23)15-16-31/h11,18,21-25,27-28,32-35H,3-10,12-17,19-20H2,1-2H3. The molecular weight excluding hydrogens is 518 g/mol. The minimum absolute atomic E-state index is 0.207. The van der Waals surface area contributed by atoms with Gasteiger partial charge in [-0.05, 0) is 115 Å². The molecule has 1 aromatic rings. The Morgan fingerprint density at radius 2 is 1.82 bits per heavy atom. The van der Waals surface area contributed by atoms with Crippen LogP contribution in [0.25, 0.3) is 0 Å². The first-order chi connectivity index (χ1) is 19.5. The molecule has 0 aromatic carbocycles. The van der Waals surface area contributed by atoms with Gasteiger partial charge in [-0.3, -0.25) is 24.9 Å². The van der Waals surface area contributed by atoms with Crippen molar-refractivity contribution >= 4 is 11.9 Å². The lowest BCUT2D eigenvalue weighted by atomic mass is 9.90. The third-order valence-electron chi connectivity index (χ3n) is 12.2. The zero-order chi connectivity index (χ0) is 27.0. The summed E-state index contributed by atoms with van der Waals surface area (Å²) < 4.78 is 12.3. The number of fused-ring (bicyclic) bond motifs is 6. The van der Waals surface area contributed by atoms with Crippen LogP contribution in [-0.4, -0.2) is 63.7 Å². The highest BCUT2D eigenvalue weighted by atomic mass is 32.2. The first kappa shape index (κ1) is 26.8. The Labute approximate surface area is 245 Å². The molecule has 3 saturated carbocycles. The van der Waals surface area contributed by atoms with E-state index in [0.717, 1.165) is 37.9 Å². The van der Waals surface area contributed by atoms with Crippen molar-refractivity contribution in [2.75, 3.05) is 19.7 Å². The van der Waals surface area contributed by atoms with Gasteiger partial charge in [-0.25, -0.2) is 0 Å². The van der Waals surface area contributed by atoms with Crippen LogP contribution in [0.15, 0.2) is 12.3 Å². The Balaban J connectivity index is 0.967. The highest BCUT2D eigenvalue weighted by Gasteiger charge is 2.86. The molecule has 4 saturated heterocycles. The first-order valence-electron chi connectivity index (χ1n) is 16.6. The molecule has 4 N–H and O–H groups in total. The molecule has 7 aliphatic rings. The Hall–Kier alpha value is -0.840. The Morgan fingerprint density at radius 3 is 2.65 bits per heavy atom. The average molecular weight is 570 g/mol. The molecule has 8 nitrogen and oxygen atoms in total. The topological polar surface area (TPSA) is 78.4 Å². The number of ether oxygens (including phenoxy) is 1. The van der Waals surface area contributed by atoms with Gasteiger partial charge in [0.2, 0.25) is 5.88 Å². The lowest BCUT2D eigenvalue weighted by Gasteiger charge is -2.49. The fraction of sp³-hybridized carbons (Fsp3) is 0.903. The van der Waals surface area contributed by atoms with Crippen molar-refractivity contribution in [3.63, 3.8) is 0 Å². The molecule has 6 atom stereocenters. The number of nitrogens with one attached hydrogen (secondary N) is 4. The molecule has 6 unspecified atom stereocenters. The lowest BCUT2D eigenvalue weighted by molar-refractivity contribution is -0.0174. The van der Waals surface area contributed by atoms with Crippen molar-refractivity contribution in [2.24, 2.45) is 22.7 Å². The van der Waals surface area contributed by atoms with Crippen LogP contribution in [0, 0.1) is 22.7 Å². The van der Waals surface area contributed by atoms with Crippen molar-refractivity contribution in [1.82, 2.24) is 35.4 Å². The van der Waals surface area contributed by atoms with E-state index in [0.29, 0.717) is 40.5 Å². The fourth-order valence-electron chi connectivity index (χ4n) is 9.73. The molecule has 0 amide bonds. The second-order valence-electron chi connectivity index (χ2n) is 14.9. The van der Waals surface area contributed by atoms with Crippen LogP contribution in [-0.2, 0) is 0 Å². The van der Waals surface area contributed by atoms with E-state index in [9.17, 15) is 0 Å². The zero-order valence-corrected chi connectivity index (χ0v) is 25.5. The van der Waals surface area contributed by atoms with Crippen LogP contribution < -0.4 is 25.4 Å². The van der Waals surface area contributed by atoms with E-state index in [1.807, 2.05) is 11.9 Å². The minimum Gasteiger partial charge on any atom is -0.476 e. The molecule has 0 radical (unpaired) electrons. The van der Waals surface area contributed by atoms with Gasteiger partial charge in [-0.15, -0.1) is 5.10 Å². The summed E-state index contributed by atoms with van der Waals surface area (Å²) in [5.41, 5.74) is 1.59. The third kappa shape index (κ3) is 4.66. The molecule has 8 rings (SSSR count). The summed E-state index contributed by atoms with van der Waals surface area (Å²) >= 11 is 1.92. The Kier molecular flexibility index (Phi) is 6.77. The van der Waals surface area contributed by atoms with Gasteiger partial charge in [0.15, 0.2) is 0 Å². The van der Waals surface area contributed by atoms with Crippen LogP contribution in [0.5, 0.6) is 5.88 Å². The van der Waals surface area contributed by atoms with Crippen LogP contribution in [0.3, 0.4) is 0 Å². The molecule has 2 spiro atoms. The predicted octanol–water partition coefficient (Wildman–Crippen LogP) is 4.57. The zero-order valence-electron chi connectivity index (χ0n) is 24.7. The quantitative estimate of drug-likeness (QED) is 0.393. The number of nitrogens with zero attached hydrogens (tertiary/aromatic N) is 3. The maximum atomic E-state index is 6.31. The molecule has 7 fully saturated rings. The number of piperidine rings is 2. The van der Waals surface area contributed by atoms with Gasteiger partial charge in [-0.1, -0.05) is 11.9 Å². The summed E-state index contributed by atoms with van der Waals surface area (Å²) in [5.74, 6) is 2.19. The van der Waals surface area contributed by atoms with Gasteiger partial charge in [0.05, 0.1) is 24.3 Å². The maximum absolute atomic E-state index is 6.31. The van der Waals surface area contributed by atoms with Gasteiger partial charge in [0.25, 0.3) is 0 Å². The van der Waals surface area contributed by atoms with Crippen molar-refractivity contribution in [3.05, 3.63) is 12.3 Å². The SMILES string of the molecule is CC1(C)CCC2CCCNC3CCCC(N3)SNCC3CCC(n4ccc(OCC5C6(CC6)C56CC6)n4)NC3N21. The van der Waals surface area contributed by atoms with Gasteiger partial charge >= 0.3 is 0 Å². The van der Waals surface area contributed by atoms with Gasteiger partial charge in [0.1, 0.15) is 6.17 Å². The molecule has 9 heteroatoms. The molecule has 40 heavy (non-hydrogen) atoms. The van der Waals surface area contributed by atoms with Crippen LogP contribution >= 0.6 is 11.9 Å². The Bertz CT molecular complexity index is 1050. The average Bonchev–Trinajstić information content (AvgIpc) is 3.90. The Morgan fingerprint density at radius 1 is 0.975 bits per heavy atom. The number of aromatic nitrogens is 2. The van der Waals surface area contributed by atoms with E-state index in [1.54, 1.807) is 0 Å². The van der Waals surface area contributed by atoms with E-state index in [1.165, 1.54) is 77.0 Å². The van der Waals surface area contributed by atoms with E-state index in [2.05, 4.69) is 56.4 Å². The van der Waals surface area contributed by atoms with Crippen molar-refractivity contribution in [3.8, 4) is 5.88 Å². The van der Waals surface area contributed by atoms with Crippen LogP contribution in [0.2, 0.25) is 0 Å². The lowest BCUT2D eigenvalue weighted by Crippen LogP contribution is -2.62. The normalized spacial score (nSPS) is 40.2. The smallest absolute Gasteiger partial charge is 0.232 e. The second-order valence-corrected chi connectivity index (χ2v) is 16.0. The van der Waals surface area contributed by atoms with Crippen LogP contribution in [0.4, 0.5) is 0 Å². The van der Waals surface area contributed by atoms with Crippen LogP contribution in [0.1, 0.15) is 103 Å². The predicted molar refractivity (Wildman–Crippen MR) is 160 cm³/mol. The molecule has 3 aliphatic carbocycles. The van der Waals surface area contributed by atoms with Crippen molar-refractivity contribution in [1.29, 1.82) is 0 Å². The fourth-order valence-corrected chi connectivity index (χ4v) is 10.8. The molecule has 5 heterocycles. The summed E-state index contributed by atoms with van der Waals surface area (Å²) in [6.07, 6.45) is 20.2. The minimum atomic E-state index is 0.207. The maximum Gasteiger partial charge on any atom is 0.232 e. The number of hydrogen-bond donors (Lipinski definition) is 4. The molecule has 2 bridgehead atoms. The summed E-state index contributed by atoms with van der Waals surface area (Å²) in [7, 11) is 0. The van der Waals surface area contributed by atoms with E-state index < -0.39 is 0 Å². The van der Waals surface area contributed by atoms with E-state index in [-0.39, 0.29) is 11.7 Å². The summed E-state index contributed by atoms with van der Waals surface area (Å²) in [6, 6.07) is 2.74. The summed E-state index contributed by atoms with van der Waals surface area (Å²) in [6.45, 7) is 7.98. The molecule has 4 aliphatic heterocycles. The third-order valence-corrected chi connectivity index (χ3v) is 13.2. The summed E-state index contributed by atoms with van der Waals surface area (Å²) in [5, 5.41) is 17.3. The first-order valence-corrected chi connectivity index (χ1v) is 17.5. The van der Waals surface area contributed by atoms with E-state index in [4.69, 9.17) is 9.84 Å². The molecule has 1 aromatic heterocycles. The van der Waals surface area contributed by atoms with Gasteiger partial charge in [-0.2, -0.15) is 0 Å². The highest BCUT2D eigenvalue weighted by Crippen LogP contribution is 2.92. The highest BCUT2D eigenvalue weighted by molar-refractivity contribution is 7.98.